The number of aliphatic hydroxyl groups is 1. The van der Waals surface area contributed by atoms with E-state index in [-0.39, 0.29) is 0 Å². The molecule has 1 aromatic carbocycles. The predicted molar refractivity (Wildman–Crippen MR) is 85.7 cm³/mol. The van der Waals surface area contributed by atoms with Gasteiger partial charge in [-0.25, -0.2) is 0 Å². The van der Waals surface area contributed by atoms with Crippen molar-refractivity contribution in [2.45, 2.75) is 32.8 Å². The molecule has 0 fully saturated rings. The van der Waals surface area contributed by atoms with Gasteiger partial charge in [-0.2, -0.15) is 0 Å². The zero-order valence-electron chi connectivity index (χ0n) is 11.9. The normalized spacial score (nSPS) is 13.3. The van der Waals surface area contributed by atoms with Crippen LogP contribution in [0.15, 0.2) is 22.7 Å². The Balaban J connectivity index is 2.44. The summed E-state index contributed by atoms with van der Waals surface area (Å²) in [5.41, 5.74) is 0.808. The molecule has 0 aliphatic rings. The predicted octanol–water partition coefficient (Wildman–Crippen LogP) is 4.50. The number of hydrogen-bond donors (Lipinski definition) is 1. The van der Waals surface area contributed by atoms with Gasteiger partial charge in [0.05, 0.1) is 6.10 Å². The van der Waals surface area contributed by atoms with Crippen LogP contribution in [0.3, 0.4) is 0 Å². The van der Waals surface area contributed by atoms with Gasteiger partial charge in [0.15, 0.2) is 0 Å². The Morgan fingerprint density at radius 3 is 2.47 bits per heavy atom. The Kier molecular flexibility index (Phi) is 7.37. The smallest absolute Gasteiger partial charge is 0.0816 e. The zero-order chi connectivity index (χ0) is 14.4. The summed E-state index contributed by atoms with van der Waals surface area (Å²) in [5, 5.41) is 10.8. The van der Waals surface area contributed by atoms with E-state index >= 15 is 0 Å². The second kappa shape index (κ2) is 8.25. The minimum absolute atomic E-state index is 0.498. The SMILES string of the molecule is CC(C)CCN(C)CCC(O)c1ccc(Br)cc1Cl. The molecule has 0 amide bonds. The first-order valence-electron chi connectivity index (χ1n) is 6.71. The Morgan fingerprint density at radius 2 is 1.89 bits per heavy atom. The van der Waals surface area contributed by atoms with Crippen LogP contribution in [0.2, 0.25) is 5.02 Å². The quantitative estimate of drug-likeness (QED) is 0.784. The molecule has 19 heavy (non-hydrogen) atoms. The van der Waals surface area contributed by atoms with Gasteiger partial charge >= 0.3 is 0 Å². The Labute approximate surface area is 129 Å². The standard InChI is InChI=1S/C15H23BrClNO/c1-11(2)6-8-18(3)9-7-15(19)13-5-4-12(16)10-14(13)17/h4-5,10-11,15,19H,6-9H2,1-3H3. The average Bonchev–Trinajstić information content (AvgIpc) is 2.33. The minimum atomic E-state index is -0.498. The van der Waals surface area contributed by atoms with E-state index in [2.05, 4.69) is 41.7 Å². The van der Waals surface area contributed by atoms with Crippen molar-refractivity contribution < 1.29 is 5.11 Å². The van der Waals surface area contributed by atoms with Crippen molar-refractivity contribution in [1.82, 2.24) is 4.90 Å². The second-order valence-electron chi connectivity index (χ2n) is 5.46. The van der Waals surface area contributed by atoms with Crippen molar-refractivity contribution in [3.63, 3.8) is 0 Å². The number of aliphatic hydroxyl groups excluding tert-OH is 1. The Bertz CT molecular complexity index is 398. The lowest BCUT2D eigenvalue weighted by Gasteiger charge is -2.20. The van der Waals surface area contributed by atoms with Crippen LogP contribution in [-0.2, 0) is 0 Å². The first-order chi connectivity index (χ1) is 8.90. The van der Waals surface area contributed by atoms with Crippen LogP contribution in [0.5, 0.6) is 0 Å². The van der Waals surface area contributed by atoms with Crippen molar-refractivity contribution in [1.29, 1.82) is 0 Å². The summed E-state index contributed by atoms with van der Waals surface area (Å²) < 4.78 is 0.933. The highest BCUT2D eigenvalue weighted by Gasteiger charge is 2.12. The molecule has 0 saturated heterocycles. The van der Waals surface area contributed by atoms with Crippen molar-refractivity contribution in [2.24, 2.45) is 5.92 Å². The lowest BCUT2D eigenvalue weighted by molar-refractivity contribution is 0.148. The minimum Gasteiger partial charge on any atom is -0.388 e. The molecule has 0 spiro atoms. The van der Waals surface area contributed by atoms with Gasteiger partial charge in [0, 0.05) is 16.0 Å². The van der Waals surface area contributed by atoms with Gasteiger partial charge < -0.3 is 10.0 Å². The molecule has 1 N–H and O–H groups in total. The molecular formula is C15H23BrClNO. The zero-order valence-corrected chi connectivity index (χ0v) is 14.2. The Morgan fingerprint density at radius 1 is 1.26 bits per heavy atom. The molecule has 0 aliphatic heterocycles. The molecule has 0 bridgehead atoms. The third-order valence-electron chi connectivity index (χ3n) is 3.19. The van der Waals surface area contributed by atoms with Crippen molar-refractivity contribution in [3.05, 3.63) is 33.3 Å². The third-order valence-corrected chi connectivity index (χ3v) is 4.01. The van der Waals surface area contributed by atoms with Gasteiger partial charge in [-0.3, -0.25) is 0 Å². The number of nitrogens with zero attached hydrogens (tertiary/aromatic N) is 1. The maximum absolute atomic E-state index is 10.2. The maximum atomic E-state index is 10.2. The maximum Gasteiger partial charge on any atom is 0.0816 e. The molecular weight excluding hydrogens is 326 g/mol. The van der Waals surface area contributed by atoms with E-state index in [4.69, 9.17) is 11.6 Å². The highest BCUT2D eigenvalue weighted by molar-refractivity contribution is 9.10. The summed E-state index contributed by atoms with van der Waals surface area (Å²) in [6.07, 6.45) is 1.39. The largest absolute Gasteiger partial charge is 0.388 e. The van der Waals surface area contributed by atoms with E-state index in [0.717, 1.165) is 23.1 Å². The molecule has 2 nitrogen and oxygen atoms in total. The monoisotopic (exact) mass is 347 g/mol. The summed E-state index contributed by atoms with van der Waals surface area (Å²) in [6, 6.07) is 5.61. The Hall–Kier alpha value is -0.0900. The average molecular weight is 349 g/mol. The van der Waals surface area contributed by atoms with Crippen LogP contribution in [0.25, 0.3) is 0 Å². The molecule has 0 aromatic heterocycles. The third kappa shape index (κ3) is 6.26. The highest BCUT2D eigenvalue weighted by atomic mass is 79.9. The van der Waals surface area contributed by atoms with Crippen LogP contribution in [0.1, 0.15) is 38.4 Å². The molecule has 0 saturated carbocycles. The molecule has 4 heteroatoms. The van der Waals surface area contributed by atoms with E-state index in [0.29, 0.717) is 17.4 Å². The lowest BCUT2D eigenvalue weighted by Crippen LogP contribution is -2.23. The summed E-state index contributed by atoms with van der Waals surface area (Å²) >= 11 is 9.51. The van der Waals surface area contributed by atoms with E-state index in [1.165, 1.54) is 6.42 Å². The van der Waals surface area contributed by atoms with E-state index in [1.54, 1.807) is 0 Å². The molecule has 0 heterocycles. The summed E-state index contributed by atoms with van der Waals surface area (Å²) in [5.74, 6) is 0.716. The fraction of sp³-hybridized carbons (Fsp3) is 0.600. The number of halogens is 2. The van der Waals surface area contributed by atoms with Crippen LogP contribution >= 0.6 is 27.5 Å². The van der Waals surface area contributed by atoms with Gasteiger partial charge in [0.25, 0.3) is 0 Å². The van der Waals surface area contributed by atoms with E-state index in [1.807, 2.05) is 18.2 Å². The van der Waals surface area contributed by atoms with Gasteiger partial charge in [-0.1, -0.05) is 47.4 Å². The van der Waals surface area contributed by atoms with E-state index in [9.17, 15) is 5.11 Å². The molecule has 0 aliphatic carbocycles. The number of hydrogen-bond acceptors (Lipinski definition) is 2. The molecule has 1 rings (SSSR count). The highest BCUT2D eigenvalue weighted by Crippen LogP contribution is 2.28. The number of benzene rings is 1. The molecule has 1 unspecified atom stereocenters. The molecule has 0 radical (unpaired) electrons. The summed E-state index contributed by atoms with van der Waals surface area (Å²) in [6.45, 7) is 6.40. The van der Waals surface area contributed by atoms with Gasteiger partial charge in [-0.15, -0.1) is 0 Å². The second-order valence-corrected chi connectivity index (χ2v) is 6.78. The van der Waals surface area contributed by atoms with Crippen LogP contribution in [-0.4, -0.2) is 30.1 Å². The van der Waals surface area contributed by atoms with Crippen molar-refractivity contribution in [3.8, 4) is 0 Å². The molecule has 1 atom stereocenters. The van der Waals surface area contributed by atoms with Crippen molar-refractivity contribution >= 4 is 27.5 Å². The van der Waals surface area contributed by atoms with Crippen LogP contribution in [0, 0.1) is 5.92 Å². The fourth-order valence-corrected chi connectivity index (χ4v) is 2.66. The summed E-state index contributed by atoms with van der Waals surface area (Å²) in [4.78, 5) is 2.26. The summed E-state index contributed by atoms with van der Waals surface area (Å²) in [7, 11) is 2.10. The van der Waals surface area contributed by atoms with Gasteiger partial charge in [-0.05, 0) is 50.0 Å². The fourth-order valence-electron chi connectivity index (χ4n) is 1.86. The van der Waals surface area contributed by atoms with Gasteiger partial charge in [0.1, 0.15) is 0 Å². The number of rotatable bonds is 7. The van der Waals surface area contributed by atoms with Crippen LogP contribution < -0.4 is 0 Å². The van der Waals surface area contributed by atoms with E-state index < -0.39 is 6.10 Å². The van der Waals surface area contributed by atoms with Crippen molar-refractivity contribution in [2.75, 3.05) is 20.1 Å². The molecule has 1 aromatic rings. The van der Waals surface area contributed by atoms with Crippen LogP contribution in [0.4, 0.5) is 0 Å². The topological polar surface area (TPSA) is 23.5 Å². The van der Waals surface area contributed by atoms with Gasteiger partial charge in [0.2, 0.25) is 0 Å². The lowest BCUT2D eigenvalue weighted by atomic mass is 10.1. The first-order valence-corrected chi connectivity index (χ1v) is 7.88. The molecule has 108 valence electrons. The first kappa shape index (κ1) is 17.0.